The average Bonchev–Trinajstić information content (AvgIpc) is 3.08. The molecule has 1 N–H and O–H groups in total. The predicted octanol–water partition coefficient (Wildman–Crippen LogP) is 4.08. The van der Waals surface area contributed by atoms with E-state index in [-0.39, 0.29) is 12.5 Å². The zero-order valence-electron chi connectivity index (χ0n) is 12.0. The Labute approximate surface area is 142 Å². The molecule has 0 unspecified atom stereocenters. The molecule has 0 fully saturated rings. The Morgan fingerprint density at radius 1 is 1.17 bits per heavy atom. The minimum Gasteiger partial charge on any atom is -0.483 e. The molecule has 0 aliphatic carbocycles. The van der Waals surface area contributed by atoms with Crippen molar-refractivity contribution in [3.05, 3.63) is 63.8 Å². The number of fused-ring (bicyclic) bond motifs is 1. The van der Waals surface area contributed by atoms with Crippen LogP contribution in [-0.4, -0.2) is 18.7 Å². The standard InChI is InChI=1S/C17H13ClN2O2S/c18-15-7-8-16(14-6-2-1-5-13(14)15)22-11-17(21)20-19-10-12-4-3-9-23-12/h1-10H,11H2,(H,20,21). The fraction of sp³-hybridized carbons (Fsp3) is 0.0588. The van der Waals surface area contributed by atoms with Crippen molar-refractivity contribution < 1.29 is 9.53 Å². The van der Waals surface area contributed by atoms with Crippen LogP contribution in [0.25, 0.3) is 10.8 Å². The van der Waals surface area contributed by atoms with Gasteiger partial charge >= 0.3 is 0 Å². The van der Waals surface area contributed by atoms with Crippen molar-refractivity contribution in [3.8, 4) is 5.75 Å². The van der Waals surface area contributed by atoms with Gasteiger partial charge in [-0.25, -0.2) is 5.43 Å². The normalized spacial score (nSPS) is 11.0. The number of carbonyl (C=O) groups is 1. The average molecular weight is 345 g/mol. The highest BCUT2D eigenvalue weighted by atomic mass is 35.5. The van der Waals surface area contributed by atoms with Gasteiger partial charge in [-0.05, 0) is 23.6 Å². The summed E-state index contributed by atoms with van der Waals surface area (Å²) in [6, 6.07) is 15.0. The lowest BCUT2D eigenvalue weighted by molar-refractivity contribution is -0.123. The van der Waals surface area contributed by atoms with E-state index in [0.717, 1.165) is 15.6 Å². The van der Waals surface area contributed by atoms with Crippen LogP contribution < -0.4 is 10.2 Å². The first-order valence-corrected chi connectivity index (χ1v) is 8.15. The Balaban J connectivity index is 1.62. The van der Waals surface area contributed by atoms with Crippen LogP contribution in [0.1, 0.15) is 4.88 Å². The zero-order chi connectivity index (χ0) is 16.1. The number of nitrogens with one attached hydrogen (secondary N) is 1. The van der Waals surface area contributed by atoms with Gasteiger partial charge in [0.25, 0.3) is 5.91 Å². The van der Waals surface area contributed by atoms with Crippen LogP contribution in [-0.2, 0) is 4.79 Å². The number of amides is 1. The molecule has 23 heavy (non-hydrogen) atoms. The maximum atomic E-state index is 11.8. The molecule has 4 nitrogen and oxygen atoms in total. The van der Waals surface area contributed by atoms with Crippen molar-refractivity contribution >= 4 is 45.8 Å². The molecular weight excluding hydrogens is 332 g/mol. The number of nitrogens with zero attached hydrogens (tertiary/aromatic N) is 1. The lowest BCUT2D eigenvalue weighted by Gasteiger charge is -2.09. The number of hydrogen-bond donors (Lipinski definition) is 1. The Morgan fingerprint density at radius 2 is 2.00 bits per heavy atom. The van der Waals surface area contributed by atoms with Crippen LogP contribution in [0, 0.1) is 0 Å². The summed E-state index contributed by atoms with van der Waals surface area (Å²) in [6.45, 7) is -0.118. The van der Waals surface area contributed by atoms with Crippen molar-refractivity contribution in [2.75, 3.05) is 6.61 Å². The van der Waals surface area contributed by atoms with Crippen LogP contribution in [0.2, 0.25) is 5.02 Å². The number of carbonyl (C=O) groups excluding carboxylic acids is 1. The fourth-order valence-electron chi connectivity index (χ4n) is 2.07. The van der Waals surface area contributed by atoms with Gasteiger partial charge in [-0.2, -0.15) is 5.10 Å². The molecule has 116 valence electrons. The number of rotatable bonds is 5. The number of benzene rings is 2. The summed E-state index contributed by atoms with van der Waals surface area (Å²) < 4.78 is 5.58. The van der Waals surface area contributed by atoms with E-state index in [2.05, 4.69) is 10.5 Å². The molecule has 6 heteroatoms. The molecule has 0 saturated carbocycles. The van der Waals surface area contributed by atoms with E-state index in [9.17, 15) is 4.79 Å². The molecule has 2 aromatic carbocycles. The minimum absolute atomic E-state index is 0.118. The van der Waals surface area contributed by atoms with Gasteiger partial charge < -0.3 is 4.74 Å². The van der Waals surface area contributed by atoms with Crippen molar-refractivity contribution in [1.29, 1.82) is 0 Å². The number of thiophene rings is 1. The molecule has 0 saturated heterocycles. The van der Waals surface area contributed by atoms with Gasteiger partial charge in [-0.3, -0.25) is 4.79 Å². The quantitative estimate of drug-likeness (QED) is 0.560. The minimum atomic E-state index is -0.322. The van der Waals surface area contributed by atoms with Crippen molar-refractivity contribution in [3.63, 3.8) is 0 Å². The monoisotopic (exact) mass is 344 g/mol. The van der Waals surface area contributed by atoms with Crippen LogP contribution in [0.15, 0.2) is 59.0 Å². The van der Waals surface area contributed by atoms with Crippen LogP contribution >= 0.6 is 22.9 Å². The molecule has 3 aromatic rings. The molecular formula is C17H13ClN2O2S. The molecule has 1 amide bonds. The second-order valence-corrected chi connectivity index (χ2v) is 6.07. The fourth-order valence-corrected chi connectivity index (χ4v) is 2.88. The maximum Gasteiger partial charge on any atom is 0.277 e. The molecule has 0 aliphatic heterocycles. The second-order valence-electron chi connectivity index (χ2n) is 4.69. The Kier molecular flexibility index (Phi) is 4.90. The van der Waals surface area contributed by atoms with E-state index in [1.807, 2.05) is 41.8 Å². The van der Waals surface area contributed by atoms with E-state index >= 15 is 0 Å². The van der Waals surface area contributed by atoms with Gasteiger partial charge in [0.1, 0.15) is 5.75 Å². The highest BCUT2D eigenvalue weighted by molar-refractivity contribution is 7.11. The van der Waals surface area contributed by atoms with E-state index in [1.165, 1.54) is 0 Å². The third-order valence-corrected chi connectivity index (χ3v) is 4.25. The first kappa shape index (κ1) is 15.5. The summed E-state index contributed by atoms with van der Waals surface area (Å²) in [7, 11) is 0. The third-order valence-electron chi connectivity index (χ3n) is 3.11. The van der Waals surface area contributed by atoms with Crippen molar-refractivity contribution in [2.24, 2.45) is 5.10 Å². The molecule has 3 rings (SSSR count). The van der Waals surface area contributed by atoms with Gasteiger partial charge in [-0.1, -0.05) is 41.9 Å². The van der Waals surface area contributed by atoms with Crippen molar-refractivity contribution in [1.82, 2.24) is 5.43 Å². The molecule has 0 bridgehead atoms. The topological polar surface area (TPSA) is 50.7 Å². The van der Waals surface area contributed by atoms with Crippen LogP contribution in [0.4, 0.5) is 0 Å². The van der Waals surface area contributed by atoms with Gasteiger partial charge in [0.2, 0.25) is 0 Å². The predicted molar refractivity (Wildman–Crippen MR) is 94.5 cm³/mol. The number of ether oxygens (including phenoxy) is 1. The van der Waals surface area contributed by atoms with E-state index in [0.29, 0.717) is 10.8 Å². The molecule has 0 aliphatic rings. The Bertz CT molecular complexity index is 847. The Morgan fingerprint density at radius 3 is 2.78 bits per heavy atom. The molecule has 1 heterocycles. The lowest BCUT2D eigenvalue weighted by atomic mass is 10.1. The molecule has 0 spiro atoms. The zero-order valence-corrected chi connectivity index (χ0v) is 13.6. The number of hydrazone groups is 1. The smallest absolute Gasteiger partial charge is 0.277 e. The highest BCUT2D eigenvalue weighted by Gasteiger charge is 2.07. The maximum absolute atomic E-state index is 11.8. The van der Waals surface area contributed by atoms with Gasteiger partial charge in [0.15, 0.2) is 6.61 Å². The summed E-state index contributed by atoms with van der Waals surface area (Å²) in [5, 5.41) is 8.24. The second kappa shape index (κ2) is 7.26. The third kappa shape index (κ3) is 3.88. The van der Waals surface area contributed by atoms with Gasteiger partial charge in [0.05, 0.1) is 6.21 Å². The summed E-state index contributed by atoms with van der Waals surface area (Å²) >= 11 is 7.70. The van der Waals surface area contributed by atoms with E-state index in [1.54, 1.807) is 29.7 Å². The van der Waals surface area contributed by atoms with Crippen LogP contribution in [0.3, 0.4) is 0 Å². The first-order chi connectivity index (χ1) is 11.2. The SMILES string of the molecule is O=C(COc1ccc(Cl)c2ccccc12)NN=Cc1cccs1. The van der Waals surface area contributed by atoms with Gasteiger partial charge in [-0.15, -0.1) is 11.3 Å². The van der Waals surface area contributed by atoms with Crippen LogP contribution in [0.5, 0.6) is 5.75 Å². The molecule has 0 radical (unpaired) electrons. The summed E-state index contributed by atoms with van der Waals surface area (Å²) in [4.78, 5) is 12.7. The molecule has 1 aromatic heterocycles. The van der Waals surface area contributed by atoms with E-state index < -0.39 is 0 Å². The highest BCUT2D eigenvalue weighted by Crippen LogP contribution is 2.31. The summed E-state index contributed by atoms with van der Waals surface area (Å²) in [5.74, 6) is 0.291. The Hall–Kier alpha value is -2.37. The number of hydrogen-bond acceptors (Lipinski definition) is 4. The van der Waals surface area contributed by atoms with Crippen molar-refractivity contribution in [2.45, 2.75) is 0 Å². The largest absolute Gasteiger partial charge is 0.483 e. The van der Waals surface area contributed by atoms with E-state index in [4.69, 9.17) is 16.3 Å². The lowest BCUT2D eigenvalue weighted by Crippen LogP contribution is -2.24. The first-order valence-electron chi connectivity index (χ1n) is 6.89. The van der Waals surface area contributed by atoms with Gasteiger partial charge in [0, 0.05) is 20.7 Å². The summed E-state index contributed by atoms with van der Waals surface area (Å²) in [6.07, 6.45) is 1.60. The molecule has 0 atom stereocenters. The number of halogens is 1. The summed E-state index contributed by atoms with van der Waals surface area (Å²) in [5.41, 5.74) is 2.44.